The van der Waals surface area contributed by atoms with Crippen molar-refractivity contribution in [1.29, 1.82) is 5.26 Å². The van der Waals surface area contributed by atoms with E-state index in [4.69, 9.17) is 14.7 Å². The highest BCUT2D eigenvalue weighted by Gasteiger charge is 2.12. The summed E-state index contributed by atoms with van der Waals surface area (Å²) in [5, 5.41) is 11.8. The van der Waals surface area contributed by atoms with E-state index < -0.39 is 0 Å². The van der Waals surface area contributed by atoms with Crippen molar-refractivity contribution < 1.29 is 14.3 Å². The molecule has 3 aromatic rings. The monoisotopic (exact) mass is 373 g/mol. The first-order chi connectivity index (χ1) is 13.7. The fourth-order valence-corrected chi connectivity index (χ4v) is 2.55. The normalized spacial score (nSPS) is 10.0. The fraction of sp³-hybridized carbons (Fsp3) is 0.136. The lowest BCUT2D eigenvalue weighted by molar-refractivity contribution is 0.102. The molecule has 28 heavy (non-hydrogen) atoms. The first-order valence-corrected chi connectivity index (χ1v) is 8.79. The van der Waals surface area contributed by atoms with Gasteiger partial charge in [-0.15, -0.1) is 0 Å². The summed E-state index contributed by atoms with van der Waals surface area (Å²) in [5.41, 5.74) is 2.40. The molecule has 0 fully saturated rings. The number of amides is 1. The van der Waals surface area contributed by atoms with Crippen molar-refractivity contribution in [2.75, 3.05) is 11.9 Å². The summed E-state index contributed by atoms with van der Waals surface area (Å²) in [6, 6.07) is 17.6. The van der Waals surface area contributed by atoms with Gasteiger partial charge in [-0.25, -0.2) is 0 Å². The van der Waals surface area contributed by atoms with Crippen LogP contribution >= 0.6 is 0 Å². The Bertz CT molecular complexity index is 997. The van der Waals surface area contributed by atoms with E-state index >= 15 is 0 Å². The minimum Gasteiger partial charge on any atom is -0.490 e. The molecule has 0 radical (unpaired) electrons. The zero-order valence-corrected chi connectivity index (χ0v) is 15.4. The Balaban J connectivity index is 1.75. The molecular weight excluding hydrogens is 354 g/mol. The Labute approximate surface area is 163 Å². The first kappa shape index (κ1) is 18.9. The smallest absolute Gasteiger partial charge is 0.255 e. The Morgan fingerprint density at radius 3 is 2.75 bits per heavy atom. The lowest BCUT2D eigenvalue weighted by atomic mass is 10.1. The van der Waals surface area contributed by atoms with Crippen LogP contribution in [0.4, 0.5) is 5.69 Å². The second-order valence-corrected chi connectivity index (χ2v) is 5.89. The molecule has 0 aliphatic heterocycles. The van der Waals surface area contributed by atoms with Crippen molar-refractivity contribution in [2.24, 2.45) is 0 Å². The molecule has 1 heterocycles. The molecule has 0 saturated carbocycles. The van der Waals surface area contributed by atoms with E-state index in [0.29, 0.717) is 41.5 Å². The zero-order chi connectivity index (χ0) is 19.8. The lowest BCUT2D eigenvalue weighted by Crippen LogP contribution is -2.12. The van der Waals surface area contributed by atoms with E-state index in [1.807, 2.05) is 25.1 Å². The van der Waals surface area contributed by atoms with Crippen molar-refractivity contribution in [3.8, 4) is 17.6 Å². The van der Waals surface area contributed by atoms with Gasteiger partial charge in [0, 0.05) is 29.2 Å². The topological polar surface area (TPSA) is 84.2 Å². The van der Waals surface area contributed by atoms with Gasteiger partial charge in [-0.05, 0) is 49.4 Å². The first-order valence-electron chi connectivity index (χ1n) is 8.79. The van der Waals surface area contributed by atoms with Crippen molar-refractivity contribution in [3.63, 3.8) is 0 Å². The fourth-order valence-electron chi connectivity index (χ4n) is 2.55. The molecule has 3 rings (SSSR count). The minimum atomic E-state index is -0.296. The number of carbonyl (C=O) groups excluding carboxylic acids is 1. The number of anilines is 1. The molecule has 1 aromatic heterocycles. The van der Waals surface area contributed by atoms with Gasteiger partial charge in [-0.1, -0.05) is 12.1 Å². The molecule has 0 aliphatic carbocycles. The molecule has 1 N–H and O–H groups in total. The minimum absolute atomic E-state index is 0.296. The third-order valence-corrected chi connectivity index (χ3v) is 3.87. The number of pyridine rings is 1. The average Bonchev–Trinajstić information content (AvgIpc) is 2.74. The number of ether oxygens (including phenoxy) is 2. The summed E-state index contributed by atoms with van der Waals surface area (Å²) < 4.78 is 11.5. The molecule has 140 valence electrons. The summed E-state index contributed by atoms with van der Waals surface area (Å²) in [6.07, 6.45) is 3.44. The van der Waals surface area contributed by atoms with E-state index in [-0.39, 0.29) is 5.91 Å². The van der Waals surface area contributed by atoms with E-state index in [1.165, 1.54) is 0 Å². The summed E-state index contributed by atoms with van der Waals surface area (Å²) in [5.74, 6) is 0.744. The van der Waals surface area contributed by atoms with Gasteiger partial charge < -0.3 is 14.8 Å². The van der Waals surface area contributed by atoms with Gasteiger partial charge in [0.15, 0.2) is 11.5 Å². The number of nitriles is 1. The number of hydrogen-bond acceptors (Lipinski definition) is 5. The summed E-state index contributed by atoms with van der Waals surface area (Å²) >= 11 is 0. The van der Waals surface area contributed by atoms with Crippen molar-refractivity contribution in [1.82, 2.24) is 4.98 Å². The quantitative estimate of drug-likeness (QED) is 0.671. The van der Waals surface area contributed by atoms with Crippen LogP contribution in [0.3, 0.4) is 0 Å². The Kier molecular flexibility index (Phi) is 6.21. The number of nitrogens with one attached hydrogen (secondary N) is 1. The van der Waals surface area contributed by atoms with Gasteiger partial charge in [0.05, 0.1) is 18.2 Å². The number of rotatable bonds is 7. The van der Waals surface area contributed by atoms with Crippen molar-refractivity contribution >= 4 is 11.6 Å². The number of hydrogen-bond donors (Lipinski definition) is 1. The van der Waals surface area contributed by atoms with Crippen LogP contribution in [0.5, 0.6) is 11.5 Å². The average molecular weight is 373 g/mol. The third-order valence-electron chi connectivity index (χ3n) is 3.87. The molecule has 6 nitrogen and oxygen atoms in total. The lowest BCUT2D eigenvalue weighted by Gasteiger charge is -2.13. The molecule has 0 atom stereocenters. The number of carbonyl (C=O) groups is 1. The Morgan fingerprint density at radius 1 is 1.11 bits per heavy atom. The Hall–Kier alpha value is -3.85. The largest absolute Gasteiger partial charge is 0.490 e. The van der Waals surface area contributed by atoms with Crippen LogP contribution in [-0.4, -0.2) is 17.5 Å². The number of aromatic nitrogens is 1. The highest BCUT2D eigenvalue weighted by atomic mass is 16.5. The van der Waals surface area contributed by atoms with Gasteiger partial charge in [0.25, 0.3) is 5.91 Å². The van der Waals surface area contributed by atoms with Gasteiger partial charge >= 0.3 is 0 Å². The third kappa shape index (κ3) is 4.86. The van der Waals surface area contributed by atoms with Crippen LogP contribution < -0.4 is 14.8 Å². The molecule has 0 saturated heterocycles. The molecule has 0 spiro atoms. The molecule has 2 aromatic carbocycles. The molecule has 0 unspecified atom stereocenters. The maximum absolute atomic E-state index is 12.6. The van der Waals surface area contributed by atoms with E-state index in [0.717, 1.165) is 5.56 Å². The van der Waals surface area contributed by atoms with E-state index in [2.05, 4.69) is 10.3 Å². The van der Waals surface area contributed by atoms with Crippen LogP contribution in [-0.2, 0) is 6.61 Å². The summed E-state index contributed by atoms with van der Waals surface area (Å²) in [6.45, 7) is 2.66. The predicted octanol–water partition coefficient (Wildman–Crippen LogP) is 4.18. The summed E-state index contributed by atoms with van der Waals surface area (Å²) in [7, 11) is 0. The molecule has 6 heteroatoms. The maximum atomic E-state index is 12.6. The zero-order valence-electron chi connectivity index (χ0n) is 15.4. The van der Waals surface area contributed by atoms with Gasteiger partial charge in [-0.3, -0.25) is 9.78 Å². The predicted molar refractivity (Wildman–Crippen MR) is 105 cm³/mol. The highest BCUT2D eigenvalue weighted by molar-refractivity contribution is 6.04. The van der Waals surface area contributed by atoms with Crippen molar-refractivity contribution in [2.45, 2.75) is 13.5 Å². The Morgan fingerprint density at radius 2 is 2.00 bits per heavy atom. The van der Waals surface area contributed by atoms with Crippen LogP contribution in [0.2, 0.25) is 0 Å². The molecule has 0 bridgehead atoms. The number of nitrogens with zero attached hydrogens (tertiary/aromatic N) is 2. The van der Waals surface area contributed by atoms with Crippen LogP contribution in [0, 0.1) is 11.3 Å². The maximum Gasteiger partial charge on any atom is 0.255 e. The van der Waals surface area contributed by atoms with Crippen LogP contribution in [0.1, 0.15) is 28.4 Å². The highest BCUT2D eigenvalue weighted by Crippen LogP contribution is 2.29. The molecule has 0 aliphatic rings. The van der Waals surface area contributed by atoms with E-state index in [9.17, 15) is 4.79 Å². The van der Waals surface area contributed by atoms with Crippen LogP contribution in [0.25, 0.3) is 0 Å². The second kappa shape index (κ2) is 9.19. The van der Waals surface area contributed by atoms with Gasteiger partial charge in [0.1, 0.15) is 6.61 Å². The molecule has 1 amide bonds. The summed E-state index contributed by atoms with van der Waals surface area (Å²) in [4.78, 5) is 16.6. The van der Waals surface area contributed by atoms with Gasteiger partial charge in [0.2, 0.25) is 0 Å². The second-order valence-electron chi connectivity index (χ2n) is 5.89. The van der Waals surface area contributed by atoms with E-state index in [1.54, 1.807) is 54.9 Å². The standard InChI is InChI=1S/C22H19N3O3/c1-2-27-21-12-18(22(26)25-19-7-3-5-16(11-19)13-23)8-9-20(21)28-15-17-6-4-10-24-14-17/h3-12,14H,2,15H2,1H3,(H,25,26). The van der Waals surface area contributed by atoms with Gasteiger partial charge in [-0.2, -0.15) is 5.26 Å². The number of benzene rings is 2. The molecular formula is C22H19N3O3. The van der Waals surface area contributed by atoms with Crippen LogP contribution in [0.15, 0.2) is 67.0 Å². The van der Waals surface area contributed by atoms with Crippen molar-refractivity contribution in [3.05, 3.63) is 83.7 Å². The SMILES string of the molecule is CCOc1cc(C(=O)Nc2cccc(C#N)c2)ccc1OCc1cccnc1.